The van der Waals surface area contributed by atoms with Crippen molar-refractivity contribution in [2.45, 2.75) is 45.4 Å². The fraction of sp³-hybridized carbons (Fsp3) is 0.375. The van der Waals surface area contributed by atoms with Crippen molar-refractivity contribution in [3.05, 3.63) is 59.7 Å². The lowest BCUT2D eigenvalue weighted by Crippen LogP contribution is -2.44. The normalized spacial score (nSPS) is 11.9. The van der Waals surface area contributed by atoms with Gasteiger partial charge in [0.2, 0.25) is 0 Å². The summed E-state index contributed by atoms with van der Waals surface area (Å²) in [6.45, 7) is 5.83. The summed E-state index contributed by atoms with van der Waals surface area (Å²) < 4.78 is 10.3. The van der Waals surface area contributed by atoms with Crippen LogP contribution in [-0.4, -0.2) is 48.4 Å². The lowest BCUT2D eigenvalue weighted by Gasteiger charge is -2.22. The van der Waals surface area contributed by atoms with Crippen LogP contribution < -0.4 is 20.7 Å². The summed E-state index contributed by atoms with van der Waals surface area (Å²) in [4.78, 5) is 36.0. The molecule has 9 nitrogen and oxygen atoms in total. The number of carbonyl (C=O) groups is 3. The first-order valence-electron chi connectivity index (χ1n) is 10.6. The molecule has 4 N–H and O–H groups in total. The highest BCUT2D eigenvalue weighted by molar-refractivity contribution is 6.04. The molecule has 0 bridgehead atoms. The van der Waals surface area contributed by atoms with E-state index in [-0.39, 0.29) is 12.3 Å². The number of benzene rings is 2. The molecular weight excluding hydrogens is 426 g/mol. The van der Waals surface area contributed by atoms with Crippen molar-refractivity contribution >= 4 is 23.7 Å². The van der Waals surface area contributed by atoms with Gasteiger partial charge in [-0.15, -0.1) is 0 Å². The Kier molecular flexibility index (Phi) is 9.23. The van der Waals surface area contributed by atoms with E-state index in [2.05, 4.69) is 16.0 Å². The van der Waals surface area contributed by atoms with Crippen molar-refractivity contribution in [2.24, 2.45) is 0 Å². The molecule has 9 heteroatoms. The summed E-state index contributed by atoms with van der Waals surface area (Å²) in [5.74, 6) is -0.826. The molecular formula is C24H31N3O6. The standard InChI is InChI=1S/C24H31N3O6/c1-24(2,3)33-23(31)27-20(22(29)30)12-13-25-15-17-8-5-6-11-19(17)26-21(28)16-9-7-10-18(14-16)32-4/h5-11,14,20,25H,12-13,15H2,1-4H3,(H,26,28)(H,27,31)(H,29,30)/t20-/m0/s1. The van der Waals surface area contributed by atoms with Crippen LogP contribution in [0.25, 0.3) is 0 Å². The molecule has 33 heavy (non-hydrogen) atoms. The molecule has 2 amide bonds. The number of ether oxygens (including phenoxy) is 2. The van der Waals surface area contributed by atoms with Crippen molar-refractivity contribution in [3.8, 4) is 5.75 Å². The van der Waals surface area contributed by atoms with Crippen molar-refractivity contribution in [2.75, 3.05) is 19.0 Å². The average Bonchev–Trinajstić information content (AvgIpc) is 2.75. The van der Waals surface area contributed by atoms with Crippen LogP contribution in [0.4, 0.5) is 10.5 Å². The minimum atomic E-state index is -1.14. The Hall–Kier alpha value is -3.59. The lowest BCUT2D eigenvalue weighted by atomic mass is 10.1. The molecule has 178 valence electrons. The molecule has 0 radical (unpaired) electrons. The van der Waals surface area contributed by atoms with Gasteiger partial charge in [0.05, 0.1) is 7.11 Å². The Morgan fingerprint density at radius 1 is 1.06 bits per heavy atom. The molecule has 0 saturated carbocycles. The minimum Gasteiger partial charge on any atom is -0.497 e. The van der Waals surface area contributed by atoms with Crippen LogP contribution in [0.1, 0.15) is 43.1 Å². The Bertz CT molecular complexity index is 971. The monoisotopic (exact) mass is 457 g/mol. The highest BCUT2D eigenvalue weighted by Crippen LogP contribution is 2.18. The Morgan fingerprint density at radius 2 is 1.79 bits per heavy atom. The van der Waals surface area contributed by atoms with Gasteiger partial charge in [0.15, 0.2) is 0 Å². The number of carboxylic acids is 1. The quantitative estimate of drug-likeness (QED) is 0.403. The van der Waals surface area contributed by atoms with E-state index >= 15 is 0 Å². The van der Waals surface area contributed by atoms with E-state index in [4.69, 9.17) is 9.47 Å². The zero-order valence-corrected chi connectivity index (χ0v) is 19.3. The Labute approximate surface area is 193 Å². The smallest absolute Gasteiger partial charge is 0.408 e. The predicted octanol–water partition coefficient (Wildman–Crippen LogP) is 3.41. The van der Waals surface area contributed by atoms with Gasteiger partial charge >= 0.3 is 12.1 Å². The first kappa shape index (κ1) is 25.7. The number of carbonyl (C=O) groups excluding carboxylic acids is 2. The minimum absolute atomic E-state index is 0.160. The van der Waals surface area contributed by atoms with Gasteiger partial charge < -0.3 is 30.5 Å². The van der Waals surface area contributed by atoms with Crippen LogP contribution in [0, 0.1) is 0 Å². The van der Waals surface area contributed by atoms with Crippen molar-refractivity contribution in [3.63, 3.8) is 0 Å². The molecule has 0 heterocycles. The third-order valence-corrected chi connectivity index (χ3v) is 4.51. The highest BCUT2D eigenvalue weighted by atomic mass is 16.6. The van der Waals surface area contributed by atoms with E-state index in [1.54, 1.807) is 51.1 Å². The highest BCUT2D eigenvalue weighted by Gasteiger charge is 2.23. The molecule has 2 aromatic rings. The molecule has 0 aliphatic rings. The molecule has 2 aromatic carbocycles. The van der Waals surface area contributed by atoms with Gasteiger partial charge in [-0.25, -0.2) is 9.59 Å². The number of amides is 2. The molecule has 0 spiro atoms. The maximum absolute atomic E-state index is 12.6. The topological polar surface area (TPSA) is 126 Å². The molecule has 0 fully saturated rings. The molecule has 0 aliphatic heterocycles. The summed E-state index contributed by atoms with van der Waals surface area (Å²) in [5.41, 5.74) is 1.22. The first-order valence-corrected chi connectivity index (χ1v) is 10.6. The number of nitrogens with one attached hydrogen (secondary N) is 3. The van der Waals surface area contributed by atoms with Crippen LogP contribution >= 0.6 is 0 Å². The Balaban J connectivity index is 1.92. The maximum atomic E-state index is 12.6. The molecule has 1 atom stereocenters. The van der Waals surface area contributed by atoms with Gasteiger partial charge in [-0.3, -0.25) is 4.79 Å². The van der Waals surface area contributed by atoms with Gasteiger partial charge in [0.25, 0.3) is 5.91 Å². The van der Waals surface area contributed by atoms with Crippen LogP contribution in [0.2, 0.25) is 0 Å². The fourth-order valence-electron chi connectivity index (χ4n) is 2.93. The number of alkyl carbamates (subject to hydrolysis) is 1. The number of para-hydroxylation sites is 1. The number of anilines is 1. The predicted molar refractivity (Wildman–Crippen MR) is 125 cm³/mol. The number of aliphatic carboxylic acids is 1. The van der Waals surface area contributed by atoms with Gasteiger partial charge in [-0.1, -0.05) is 24.3 Å². The van der Waals surface area contributed by atoms with Crippen molar-refractivity contribution < 1.29 is 29.0 Å². The fourth-order valence-corrected chi connectivity index (χ4v) is 2.93. The van der Waals surface area contributed by atoms with Gasteiger partial charge in [0, 0.05) is 17.8 Å². The number of carboxylic acid groups (broad SMARTS) is 1. The first-order chi connectivity index (χ1) is 15.6. The summed E-state index contributed by atoms with van der Waals surface area (Å²) in [7, 11) is 1.54. The molecule has 0 aliphatic carbocycles. The van der Waals surface area contributed by atoms with Gasteiger partial charge in [-0.05, 0) is 63.6 Å². The van der Waals surface area contributed by atoms with E-state index in [9.17, 15) is 19.5 Å². The summed E-state index contributed by atoms with van der Waals surface area (Å²) in [5, 5.41) is 17.8. The van der Waals surface area contributed by atoms with Crippen molar-refractivity contribution in [1.29, 1.82) is 0 Å². The molecule has 0 saturated heterocycles. The summed E-state index contributed by atoms with van der Waals surface area (Å²) >= 11 is 0. The van der Waals surface area contributed by atoms with E-state index in [1.807, 2.05) is 18.2 Å². The Morgan fingerprint density at radius 3 is 2.45 bits per heavy atom. The molecule has 2 rings (SSSR count). The summed E-state index contributed by atoms with van der Waals surface area (Å²) in [6.07, 6.45) is -0.618. The van der Waals surface area contributed by atoms with Crippen molar-refractivity contribution in [1.82, 2.24) is 10.6 Å². The second-order valence-corrected chi connectivity index (χ2v) is 8.35. The van der Waals surface area contributed by atoms with E-state index < -0.39 is 23.7 Å². The average molecular weight is 458 g/mol. The van der Waals surface area contributed by atoms with E-state index in [0.717, 1.165) is 5.56 Å². The third kappa shape index (κ3) is 8.82. The molecule has 0 unspecified atom stereocenters. The van der Waals surface area contributed by atoms with Crippen LogP contribution in [0.15, 0.2) is 48.5 Å². The zero-order valence-electron chi connectivity index (χ0n) is 19.3. The van der Waals surface area contributed by atoms with Crippen LogP contribution in [0.5, 0.6) is 5.75 Å². The number of hydrogen-bond donors (Lipinski definition) is 4. The third-order valence-electron chi connectivity index (χ3n) is 4.51. The van der Waals surface area contributed by atoms with Gasteiger partial charge in [0.1, 0.15) is 17.4 Å². The molecule has 0 aromatic heterocycles. The second-order valence-electron chi connectivity index (χ2n) is 8.35. The maximum Gasteiger partial charge on any atom is 0.408 e. The van der Waals surface area contributed by atoms with E-state index in [1.165, 1.54) is 7.11 Å². The van der Waals surface area contributed by atoms with Gasteiger partial charge in [-0.2, -0.15) is 0 Å². The summed E-state index contributed by atoms with van der Waals surface area (Å²) in [6, 6.07) is 13.1. The number of rotatable bonds is 10. The SMILES string of the molecule is COc1cccc(C(=O)Nc2ccccc2CNCC[C@H](NC(=O)OC(C)(C)C)C(=O)O)c1. The largest absolute Gasteiger partial charge is 0.497 e. The van der Waals surface area contributed by atoms with E-state index in [0.29, 0.717) is 30.1 Å². The number of hydrogen-bond acceptors (Lipinski definition) is 6. The van der Waals surface area contributed by atoms with Crippen LogP contribution in [0.3, 0.4) is 0 Å². The number of methoxy groups -OCH3 is 1. The lowest BCUT2D eigenvalue weighted by molar-refractivity contribution is -0.139. The van der Waals surface area contributed by atoms with Crippen LogP contribution in [-0.2, 0) is 16.1 Å². The second kappa shape index (κ2) is 11.9. The zero-order chi connectivity index (χ0) is 24.4.